The van der Waals surface area contributed by atoms with E-state index in [4.69, 9.17) is 4.52 Å². The first-order chi connectivity index (χ1) is 13.8. The quantitative estimate of drug-likeness (QED) is 0.637. The van der Waals surface area contributed by atoms with Crippen LogP contribution in [0.3, 0.4) is 0 Å². The van der Waals surface area contributed by atoms with Gasteiger partial charge in [0.2, 0.25) is 5.91 Å². The summed E-state index contributed by atoms with van der Waals surface area (Å²) in [4.78, 5) is 26.7. The van der Waals surface area contributed by atoms with Crippen molar-refractivity contribution >= 4 is 34.1 Å². The molecule has 29 heavy (non-hydrogen) atoms. The molecule has 0 radical (unpaired) electrons. The highest BCUT2D eigenvalue weighted by Crippen LogP contribution is 2.40. The summed E-state index contributed by atoms with van der Waals surface area (Å²) in [6.45, 7) is 6.82. The number of nitrogens with one attached hydrogen (secondary N) is 2. The number of para-hydroxylation sites is 1. The van der Waals surface area contributed by atoms with Gasteiger partial charge in [0, 0.05) is 10.3 Å². The zero-order valence-electron chi connectivity index (χ0n) is 16.9. The van der Waals surface area contributed by atoms with Crippen molar-refractivity contribution in [2.75, 3.05) is 0 Å². The highest BCUT2D eigenvalue weighted by atomic mass is 32.1. The molecule has 2 N–H and O–H groups in total. The van der Waals surface area contributed by atoms with Crippen molar-refractivity contribution in [1.29, 1.82) is 0 Å². The molecule has 7 heteroatoms. The minimum absolute atomic E-state index is 0.0332. The number of amides is 2. The summed E-state index contributed by atoms with van der Waals surface area (Å²) in [5.41, 5.74) is 7.73. The standard InChI is InChI=1S/C22H25N3O3S/c1-22(2,3)14-8-9-18-13(10-14)11-19(29-18)21(27)24-23-20(26)12-16-15-6-4-5-7-17(15)28-25-16/h4-7,11,14H,8-10,12H2,1-3H3,(H,23,26)(H,24,27)/t14-/m1/s1. The Kier molecular flexibility index (Phi) is 5.17. The lowest BCUT2D eigenvalue weighted by Gasteiger charge is -2.33. The lowest BCUT2D eigenvalue weighted by molar-refractivity contribution is -0.121. The Morgan fingerprint density at radius 2 is 2.03 bits per heavy atom. The summed E-state index contributed by atoms with van der Waals surface area (Å²) >= 11 is 1.52. The molecule has 0 saturated carbocycles. The molecule has 2 amide bonds. The molecule has 0 saturated heterocycles. The summed E-state index contributed by atoms with van der Waals surface area (Å²) < 4.78 is 5.21. The third kappa shape index (κ3) is 4.19. The first kappa shape index (κ1) is 19.6. The Bertz CT molecular complexity index is 1060. The number of benzene rings is 1. The van der Waals surface area contributed by atoms with Gasteiger partial charge in [-0.25, -0.2) is 0 Å². The molecule has 0 unspecified atom stereocenters. The molecule has 3 aromatic rings. The van der Waals surface area contributed by atoms with E-state index >= 15 is 0 Å². The number of carbonyl (C=O) groups is 2. The summed E-state index contributed by atoms with van der Waals surface area (Å²) in [6, 6.07) is 9.35. The van der Waals surface area contributed by atoms with Crippen LogP contribution in [0.15, 0.2) is 34.9 Å². The third-order valence-corrected chi connectivity index (χ3v) is 6.86. The van der Waals surface area contributed by atoms with Crippen LogP contribution in [0.4, 0.5) is 0 Å². The monoisotopic (exact) mass is 411 g/mol. The number of hydrogen-bond donors (Lipinski definition) is 2. The number of nitrogens with zero attached hydrogens (tertiary/aromatic N) is 1. The van der Waals surface area contributed by atoms with Crippen molar-refractivity contribution in [1.82, 2.24) is 16.0 Å². The number of thiophene rings is 1. The van der Waals surface area contributed by atoms with Gasteiger partial charge in [-0.2, -0.15) is 0 Å². The minimum Gasteiger partial charge on any atom is -0.356 e. The molecule has 0 bridgehead atoms. The maximum atomic E-state index is 12.5. The van der Waals surface area contributed by atoms with Gasteiger partial charge in [-0.1, -0.05) is 38.1 Å². The zero-order chi connectivity index (χ0) is 20.6. The maximum Gasteiger partial charge on any atom is 0.279 e. The normalized spacial score (nSPS) is 16.4. The van der Waals surface area contributed by atoms with Crippen molar-refractivity contribution < 1.29 is 14.1 Å². The van der Waals surface area contributed by atoms with E-state index in [1.165, 1.54) is 21.8 Å². The maximum absolute atomic E-state index is 12.5. The van der Waals surface area contributed by atoms with Gasteiger partial charge in [0.05, 0.1) is 11.3 Å². The predicted octanol–water partition coefficient (Wildman–Crippen LogP) is 4.04. The van der Waals surface area contributed by atoms with Crippen molar-refractivity contribution in [2.45, 2.75) is 46.5 Å². The highest BCUT2D eigenvalue weighted by molar-refractivity contribution is 7.14. The van der Waals surface area contributed by atoms with Crippen LogP contribution in [0.5, 0.6) is 0 Å². The molecule has 2 heterocycles. The summed E-state index contributed by atoms with van der Waals surface area (Å²) in [7, 11) is 0. The largest absolute Gasteiger partial charge is 0.356 e. The fraction of sp³-hybridized carbons (Fsp3) is 0.409. The smallest absolute Gasteiger partial charge is 0.279 e. The number of aromatic nitrogens is 1. The number of aryl methyl sites for hydroxylation is 1. The molecule has 0 fully saturated rings. The molecule has 1 aliphatic carbocycles. The Labute approximate surface area is 173 Å². The number of hydrazine groups is 1. The Hall–Kier alpha value is -2.67. The number of fused-ring (bicyclic) bond motifs is 2. The molecule has 4 rings (SSSR count). The molecule has 2 aromatic heterocycles. The molecule has 6 nitrogen and oxygen atoms in total. The Morgan fingerprint density at radius 3 is 2.83 bits per heavy atom. The van der Waals surface area contributed by atoms with E-state index < -0.39 is 0 Å². The summed E-state index contributed by atoms with van der Waals surface area (Å²) in [5.74, 6) is -0.000847. The van der Waals surface area contributed by atoms with Gasteiger partial charge in [-0.05, 0) is 54.4 Å². The molecule has 0 aliphatic heterocycles. The van der Waals surface area contributed by atoms with Crippen LogP contribution >= 0.6 is 11.3 Å². The van der Waals surface area contributed by atoms with Crippen LogP contribution in [0.25, 0.3) is 11.0 Å². The zero-order valence-corrected chi connectivity index (χ0v) is 17.7. The van der Waals surface area contributed by atoms with E-state index in [0.717, 1.165) is 24.6 Å². The summed E-state index contributed by atoms with van der Waals surface area (Å²) in [6.07, 6.45) is 3.21. The first-order valence-corrected chi connectivity index (χ1v) is 10.7. The Balaban J connectivity index is 1.35. The van der Waals surface area contributed by atoms with Crippen molar-refractivity contribution in [3.05, 3.63) is 51.3 Å². The van der Waals surface area contributed by atoms with E-state index in [1.54, 1.807) is 6.07 Å². The van der Waals surface area contributed by atoms with Crippen molar-refractivity contribution in [2.24, 2.45) is 11.3 Å². The average Bonchev–Trinajstić information content (AvgIpc) is 3.29. The summed E-state index contributed by atoms with van der Waals surface area (Å²) in [5, 5.41) is 4.74. The highest BCUT2D eigenvalue weighted by Gasteiger charge is 2.30. The fourth-order valence-electron chi connectivity index (χ4n) is 3.82. The molecule has 0 spiro atoms. The lowest BCUT2D eigenvalue weighted by atomic mass is 9.72. The molecule has 1 aliphatic rings. The van der Waals surface area contributed by atoms with Crippen LogP contribution < -0.4 is 10.9 Å². The van der Waals surface area contributed by atoms with E-state index in [2.05, 4.69) is 36.8 Å². The van der Waals surface area contributed by atoms with Gasteiger partial charge >= 0.3 is 0 Å². The van der Waals surface area contributed by atoms with Crippen LogP contribution in [-0.4, -0.2) is 17.0 Å². The van der Waals surface area contributed by atoms with E-state index in [1.807, 2.05) is 24.3 Å². The number of hydrogen-bond acceptors (Lipinski definition) is 5. The van der Waals surface area contributed by atoms with Crippen molar-refractivity contribution in [3.63, 3.8) is 0 Å². The van der Waals surface area contributed by atoms with Crippen LogP contribution in [0, 0.1) is 11.3 Å². The molecule has 1 atom stereocenters. The fourth-order valence-corrected chi connectivity index (χ4v) is 4.93. The van der Waals surface area contributed by atoms with Gasteiger partial charge in [0.1, 0.15) is 5.69 Å². The minimum atomic E-state index is -0.341. The predicted molar refractivity (Wildman–Crippen MR) is 113 cm³/mol. The van der Waals surface area contributed by atoms with Gasteiger partial charge in [0.25, 0.3) is 5.91 Å². The SMILES string of the molecule is CC(C)(C)[C@@H]1CCc2sc(C(=O)NNC(=O)Cc3noc4ccccc34)cc2C1. The second-order valence-corrected chi connectivity index (χ2v) is 9.81. The number of carbonyl (C=O) groups excluding carboxylic acids is 2. The second-order valence-electron chi connectivity index (χ2n) is 8.67. The first-order valence-electron chi connectivity index (χ1n) is 9.85. The van der Waals surface area contributed by atoms with Crippen LogP contribution in [-0.2, 0) is 24.1 Å². The molecule has 152 valence electrons. The van der Waals surface area contributed by atoms with E-state index in [0.29, 0.717) is 22.1 Å². The van der Waals surface area contributed by atoms with Gasteiger partial charge < -0.3 is 4.52 Å². The van der Waals surface area contributed by atoms with Crippen LogP contribution in [0.2, 0.25) is 0 Å². The van der Waals surface area contributed by atoms with Gasteiger partial charge in [0.15, 0.2) is 5.58 Å². The van der Waals surface area contributed by atoms with Crippen molar-refractivity contribution in [3.8, 4) is 0 Å². The second kappa shape index (κ2) is 7.63. The molecular weight excluding hydrogens is 386 g/mol. The number of rotatable bonds is 3. The topological polar surface area (TPSA) is 84.2 Å². The third-order valence-electron chi connectivity index (χ3n) is 5.63. The average molecular weight is 412 g/mol. The van der Waals surface area contributed by atoms with E-state index in [-0.39, 0.29) is 23.7 Å². The lowest BCUT2D eigenvalue weighted by Crippen LogP contribution is -2.42. The molecule has 1 aromatic carbocycles. The van der Waals surface area contributed by atoms with Gasteiger partial charge in [-0.3, -0.25) is 20.4 Å². The molecular formula is C22H25N3O3S. The van der Waals surface area contributed by atoms with Crippen LogP contribution in [0.1, 0.15) is 53.0 Å². The van der Waals surface area contributed by atoms with E-state index in [9.17, 15) is 9.59 Å². The Morgan fingerprint density at radius 1 is 1.24 bits per heavy atom. The van der Waals surface area contributed by atoms with Gasteiger partial charge in [-0.15, -0.1) is 11.3 Å².